The topological polar surface area (TPSA) is 41.9 Å². The van der Waals surface area contributed by atoms with E-state index in [9.17, 15) is 5.11 Å². The van der Waals surface area contributed by atoms with Crippen molar-refractivity contribution in [1.82, 2.24) is 4.90 Å². The van der Waals surface area contributed by atoms with Crippen LogP contribution in [0.1, 0.15) is 39.2 Å². The average Bonchev–Trinajstić information content (AvgIpc) is 2.78. The zero-order chi connectivity index (χ0) is 15.8. The van der Waals surface area contributed by atoms with Gasteiger partial charge >= 0.3 is 0 Å². The summed E-state index contributed by atoms with van der Waals surface area (Å²) in [5, 5.41) is 9.59. The molecule has 0 bridgehead atoms. The second-order valence-electron chi connectivity index (χ2n) is 7.55. The number of ether oxygens (including phenoxy) is 2. The summed E-state index contributed by atoms with van der Waals surface area (Å²) >= 11 is 0. The maximum Gasteiger partial charge on any atom is 0.126 e. The molecule has 4 heteroatoms. The van der Waals surface area contributed by atoms with E-state index in [1.54, 1.807) is 12.1 Å². The zero-order valence-corrected chi connectivity index (χ0v) is 13.9. The fourth-order valence-corrected chi connectivity index (χ4v) is 3.46. The Morgan fingerprint density at radius 2 is 2.00 bits per heavy atom. The lowest BCUT2D eigenvalue weighted by molar-refractivity contribution is -0.0175. The van der Waals surface area contributed by atoms with E-state index in [0.717, 1.165) is 51.4 Å². The Balaban J connectivity index is 1.57. The van der Waals surface area contributed by atoms with Gasteiger partial charge in [-0.1, -0.05) is 6.07 Å². The third-order valence-corrected chi connectivity index (χ3v) is 4.80. The number of fused-ring (bicyclic) bond motifs is 2. The van der Waals surface area contributed by atoms with Crippen LogP contribution in [0.25, 0.3) is 0 Å². The molecule has 1 aromatic rings. The van der Waals surface area contributed by atoms with E-state index in [1.807, 2.05) is 6.07 Å². The second kappa shape index (κ2) is 5.74. The number of nitrogens with zero attached hydrogens (tertiary/aromatic N) is 1. The predicted octanol–water partition coefficient (Wildman–Crippen LogP) is 2.93. The van der Waals surface area contributed by atoms with Crippen LogP contribution in [0.2, 0.25) is 0 Å². The Bertz CT molecular complexity index is 528. The Morgan fingerprint density at radius 1 is 1.27 bits per heavy atom. The third-order valence-electron chi connectivity index (χ3n) is 4.80. The van der Waals surface area contributed by atoms with Crippen molar-refractivity contribution in [1.29, 1.82) is 0 Å². The summed E-state index contributed by atoms with van der Waals surface area (Å²) in [5.41, 5.74) is 1.36. The van der Waals surface area contributed by atoms with Crippen molar-refractivity contribution in [3.8, 4) is 11.5 Å². The van der Waals surface area contributed by atoms with E-state index >= 15 is 0 Å². The minimum Gasteiger partial charge on any atom is -0.508 e. The highest BCUT2D eigenvalue weighted by Gasteiger charge is 2.42. The van der Waals surface area contributed by atoms with Crippen LogP contribution in [-0.4, -0.2) is 48.5 Å². The molecule has 1 fully saturated rings. The smallest absolute Gasteiger partial charge is 0.126 e. The summed E-state index contributed by atoms with van der Waals surface area (Å²) in [6.45, 7) is 11.0. The van der Waals surface area contributed by atoms with Gasteiger partial charge in [-0.15, -0.1) is 0 Å². The summed E-state index contributed by atoms with van der Waals surface area (Å²) in [6, 6.07) is 5.56. The average molecular weight is 305 g/mol. The van der Waals surface area contributed by atoms with Crippen molar-refractivity contribution in [2.45, 2.75) is 44.6 Å². The number of rotatable bonds is 3. The van der Waals surface area contributed by atoms with Crippen LogP contribution >= 0.6 is 0 Å². The number of phenols is 1. The van der Waals surface area contributed by atoms with Crippen LogP contribution < -0.4 is 4.74 Å². The molecule has 0 unspecified atom stereocenters. The predicted molar refractivity (Wildman–Crippen MR) is 86.7 cm³/mol. The number of benzene rings is 1. The highest BCUT2D eigenvalue weighted by atomic mass is 16.5. The van der Waals surface area contributed by atoms with Gasteiger partial charge in [0.25, 0.3) is 0 Å². The molecular weight excluding hydrogens is 278 g/mol. The van der Waals surface area contributed by atoms with Gasteiger partial charge in [-0.25, -0.2) is 0 Å². The molecule has 0 aromatic heterocycles. The first kappa shape index (κ1) is 15.6. The number of piperidine rings is 1. The highest BCUT2D eigenvalue weighted by Crippen LogP contribution is 2.46. The van der Waals surface area contributed by atoms with Gasteiger partial charge in [-0.05, 0) is 52.8 Å². The van der Waals surface area contributed by atoms with Gasteiger partial charge in [0.1, 0.15) is 11.5 Å². The number of aromatic hydroxyl groups is 1. The molecule has 1 saturated heterocycles. The Labute approximate surface area is 133 Å². The Morgan fingerprint density at radius 3 is 2.68 bits per heavy atom. The van der Waals surface area contributed by atoms with Gasteiger partial charge in [0.05, 0.1) is 18.8 Å². The summed E-state index contributed by atoms with van der Waals surface area (Å²) in [5.74, 6) is 1.15. The molecule has 22 heavy (non-hydrogen) atoms. The van der Waals surface area contributed by atoms with Gasteiger partial charge in [0.15, 0.2) is 0 Å². The van der Waals surface area contributed by atoms with Crippen molar-refractivity contribution in [3.05, 3.63) is 23.8 Å². The molecule has 122 valence electrons. The summed E-state index contributed by atoms with van der Waals surface area (Å²) in [6.07, 6.45) is 2.22. The maximum absolute atomic E-state index is 9.59. The first-order valence-electron chi connectivity index (χ1n) is 8.21. The third kappa shape index (κ3) is 3.23. The number of hydrogen-bond donors (Lipinski definition) is 1. The summed E-state index contributed by atoms with van der Waals surface area (Å²) in [7, 11) is 0. The fraction of sp³-hybridized carbons (Fsp3) is 0.667. The lowest BCUT2D eigenvalue weighted by Gasteiger charge is -2.38. The van der Waals surface area contributed by atoms with E-state index < -0.39 is 0 Å². The van der Waals surface area contributed by atoms with E-state index in [-0.39, 0.29) is 16.8 Å². The second-order valence-corrected chi connectivity index (χ2v) is 7.55. The largest absolute Gasteiger partial charge is 0.508 e. The normalized spacial score (nSPS) is 20.9. The van der Waals surface area contributed by atoms with Gasteiger partial charge in [-0.3, -0.25) is 0 Å². The standard InChI is InChI=1S/C18H27NO3/c1-17(2,3)22-11-10-19-8-6-18(7-9-19)13-21-16-12-14(20)4-5-15(16)18/h4-5,12,20H,6-11,13H2,1-3H3. The molecular formula is C18H27NO3. The van der Waals surface area contributed by atoms with Crippen molar-refractivity contribution in [3.63, 3.8) is 0 Å². The number of likely N-dealkylation sites (tertiary alicyclic amines) is 1. The summed E-state index contributed by atoms with van der Waals surface area (Å²) < 4.78 is 11.7. The van der Waals surface area contributed by atoms with Crippen molar-refractivity contribution in [2.75, 3.05) is 32.8 Å². The van der Waals surface area contributed by atoms with Crippen LogP contribution in [0.4, 0.5) is 0 Å². The van der Waals surface area contributed by atoms with Crippen molar-refractivity contribution >= 4 is 0 Å². The lowest BCUT2D eigenvalue weighted by atomic mass is 9.74. The van der Waals surface area contributed by atoms with Gasteiger partial charge in [0, 0.05) is 23.6 Å². The highest BCUT2D eigenvalue weighted by molar-refractivity contribution is 5.48. The monoisotopic (exact) mass is 305 g/mol. The maximum atomic E-state index is 9.59. The molecule has 0 amide bonds. The van der Waals surface area contributed by atoms with E-state index in [2.05, 4.69) is 25.7 Å². The minimum atomic E-state index is -0.0583. The molecule has 1 spiro atoms. The van der Waals surface area contributed by atoms with Crippen LogP contribution in [0.15, 0.2) is 18.2 Å². The van der Waals surface area contributed by atoms with Gasteiger partial charge < -0.3 is 19.5 Å². The zero-order valence-electron chi connectivity index (χ0n) is 13.9. The quantitative estimate of drug-likeness (QED) is 0.932. The SMILES string of the molecule is CC(C)(C)OCCN1CCC2(CC1)COc1cc(O)ccc12. The molecule has 2 aliphatic heterocycles. The van der Waals surface area contributed by atoms with Crippen LogP contribution in [-0.2, 0) is 10.2 Å². The molecule has 2 aliphatic rings. The molecule has 0 radical (unpaired) electrons. The molecule has 1 aromatic carbocycles. The minimum absolute atomic E-state index is 0.0583. The van der Waals surface area contributed by atoms with Crippen LogP contribution in [0.3, 0.4) is 0 Å². The molecule has 1 N–H and O–H groups in total. The van der Waals surface area contributed by atoms with E-state index in [0.29, 0.717) is 0 Å². The molecule has 3 rings (SSSR count). The summed E-state index contributed by atoms with van der Waals surface area (Å²) in [4.78, 5) is 2.48. The van der Waals surface area contributed by atoms with Gasteiger partial charge in [-0.2, -0.15) is 0 Å². The molecule has 0 atom stereocenters. The first-order chi connectivity index (χ1) is 10.4. The molecule has 0 aliphatic carbocycles. The van der Waals surface area contributed by atoms with Crippen molar-refractivity contribution < 1.29 is 14.6 Å². The van der Waals surface area contributed by atoms with Crippen LogP contribution in [0, 0.1) is 0 Å². The van der Waals surface area contributed by atoms with Gasteiger partial charge in [0.2, 0.25) is 0 Å². The number of hydrogen-bond acceptors (Lipinski definition) is 4. The first-order valence-corrected chi connectivity index (χ1v) is 8.21. The Kier molecular flexibility index (Phi) is 4.08. The van der Waals surface area contributed by atoms with E-state index in [4.69, 9.17) is 9.47 Å². The molecule has 0 saturated carbocycles. The molecule has 2 heterocycles. The van der Waals surface area contributed by atoms with Crippen molar-refractivity contribution in [2.24, 2.45) is 0 Å². The molecule has 4 nitrogen and oxygen atoms in total. The Hall–Kier alpha value is -1.26. The van der Waals surface area contributed by atoms with E-state index in [1.165, 1.54) is 5.56 Å². The fourth-order valence-electron chi connectivity index (χ4n) is 3.46. The lowest BCUT2D eigenvalue weighted by Crippen LogP contribution is -2.45. The van der Waals surface area contributed by atoms with Crippen LogP contribution in [0.5, 0.6) is 11.5 Å². The number of phenolic OH excluding ortho intramolecular Hbond substituents is 1.